The summed E-state index contributed by atoms with van der Waals surface area (Å²) in [5.74, 6) is -0.0722. The Morgan fingerprint density at radius 1 is 1.35 bits per heavy atom. The number of amides is 1. The number of morpholine rings is 1. The van der Waals surface area contributed by atoms with Gasteiger partial charge in [0.25, 0.3) is 5.91 Å². The highest BCUT2D eigenvalue weighted by molar-refractivity contribution is 5.96. The van der Waals surface area contributed by atoms with Crippen LogP contribution in [-0.4, -0.2) is 61.3 Å². The van der Waals surface area contributed by atoms with Gasteiger partial charge in [-0.2, -0.15) is 0 Å². The number of pyridine rings is 1. The molecule has 0 bridgehead atoms. The van der Waals surface area contributed by atoms with E-state index in [1.54, 1.807) is 37.1 Å². The predicted molar refractivity (Wildman–Crippen MR) is 95.3 cm³/mol. The molecule has 1 aromatic heterocycles. The summed E-state index contributed by atoms with van der Waals surface area (Å²) in [4.78, 5) is 30.7. The van der Waals surface area contributed by atoms with Gasteiger partial charge in [-0.15, -0.1) is 0 Å². The Morgan fingerprint density at radius 3 is 2.88 bits per heavy atom. The third-order valence-electron chi connectivity index (χ3n) is 4.36. The summed E-state index contributed by atoms with van der Waals surface area (Å²) >= 11 is 0. The van der Waals surface area contributed by atoms with Crippen LogP contribution < -0.4 is 4.74 Å². The SMILES string of the molecule is COc1ccc2cc(C(=O)OCC(=O)N3CCOC(C)C3)c(C)nc2c1. The van der Waals surface area contributed by atoms with Gasteiger partial charge in [0, 0.05) is 24.5 Å². The molecule has 1 amide bonds. The van der Waals surface area contributed by atoms with Crippen LogP contribution in [0.3, 0.4) is 0 Å². The molecule has 138 valence electrons. The highest BCUT2D eigenvalue weighted by atomic mass is 16.5. The predicted octanol–water partition coefficient (Wildman–Crippen LogP) is 1.96. The Labute approximate surface area is 151 Å². The minimum Gasteiger partial charge on any atom is -0.497 e. The van der Waals surface area contributed by atoms with Gasteiger partial charge in [-0.25, -0.2) is 4.79 Å². The molecule has 1 aliphatic rings. The molecule has 0 radical (unpaired) electrons. The van der Waals surface area contributed by atoms with Crippen molar-refractivity contribution in [1.29, 1.82) is 0 Å². The lowest BCUT2D eigenvalue weighted by Crippen LogP contribution is -2.46. The van der Waals surface area contributed by atoms with Gasteiger partial charge in [-0.3, -0.25) is 9.78 Å². The van der Waals surface area contributed by atoms with Crippen molar-refractivity contribution in [3.8, 4) is 5.75 Å². The summed E-state index contributed by atoms with van der Waals surface area (Å²) < 4.78 is 15.8. The van der Waals surface area contributed by atoms with Gasteiger partial charge in [0.1, 0.15) is 5.75 Å². The molecule has 2 aromatic rings. The molecule has 1 aliphatic heterocycles. The average Bonchev–Trinajstić information content (AvgIpc) is 2.64. The van der Waals surface area contributed by atoms with Gasteiger partial charge < -0.3 is 19.1 Å². The molecule has 3 rings (SSSR count). The number of hydrogen-bond donors (Lipinski definition) is 0. The number of ether oxygens (including phenoxy) is 3. The molecule has 1 atom stereocenters. The minimum absolute atomic E-state index is 0.00711. The first kappa shape index (κ1) is 18.1. The first-order valence-corrected chi connectivity index (χ1v) is 8.50. The van der Waals surface area contributed by atoms with Crippen LogP contribution in [0.1, 0.15) is 23.0 Å². The number of benzene rings is 1. The fourth-order valence-electron chi connectivity index (χ4n) is 2.92. The Morgan fingerprint density at radius 2 is 2.15 bits per heavy atom. The van der Waals surface area contributed by atoms with Crippen LogP contribution in [0.15, 0.2) is 24.3 Å². The van der Waals surface area contributed by atoms with E-state index in [9.17, 15) is 9.59 Å². The van der Waals surface area contributed by atoms with Crippen molar-refractivity contribution in [3.05, 3.63) is 35.5 Å². The van der Waals surface area contributed by atoms with Crippen molar-refractivity contribution in [2.45, 2.75) is 20.0 Å². The maximum Gasteiger partial charge on any atom is 0.340 e. The van der Waals surface area contributed by atoms with Gasteiger partial charge in [-0.05, 0) is 32.0 Å². The van der Waals surface area contributed by atoms with Gasteiger partial charge in [0.15, 0.2) is 6.61 Å². The van der Waals surface area contributed by atoms with Crippen LogP contribution >= 0.6 is 0 Å². The third kappa shape index (κ3) is 3.94. The standard InChI is InChI=1S/C19H22N2O5/c1-12-10-21(6-7-25-12)18(22)11-26-19(23)16-8-14-4-5-15(24-3)9-17(14)20-13(16)2/h4-5,8-9,12H,6-7,10-11H2,1-3H3. The van der Waals surface area contributed by atoms with Crippen molar-refractivity contribution in [3.63, 3.8) is 0 Å². The molecule has 0 saturated carbocycles. The quantitative estimate of drug-likeness (QED) is 0.778. The average molecular weight is 358 g/mol. The molecule has 1 saturated heterocycles. The van der Waals surface area contributed by atoms with E-state index < -0.39 is 5.97 Å². The maximum atomic E-state index is 12.4. The summed E-state index contributed by atoms with van der Waals surface area (Å²) in [5, 5.41) is 0.802. The number of rotatable bonds is 4. The molecule has 7 nitrogen and oxygen atoms in total. The van der Waals surface area contributed by atoms with Crippen molar-refractivity contribution in [1.82, 2.24) is 9.88 Å². The van der Waals surface area contributed by atoms with E-state index >= 15 is 0 Å². The van der Waals surface area contributed by atoms with Gasteiger partial charge in [0.05, 0.1) is 36.6 Å². The molecule has 0 N–H and O–H groups in total. The second-order valence-electron chi connectivity index (χ2n) is 6.28. The second kappa shape index (κ2) is 7.70. The normalized spacial score (nSPS) is 17.2. The Balaban J connectivity index is 1.69. The van der Waals surface area contributed by atoms with Crippen LogP contribution in [0.5, 0.6) is 5.75 Å². The molecular formula is C19H22N2O5. The first-order chi connectivity index (χ1) is 12.5. The summed E-state index contributed by atoms with van der Waals surface area (Å²) in [6.07, 6.45) is -0.00711. The van der Waals surface area contributed by atoms with E-state index in [1.807, 2.05) is 13.0 Å². The first-order valence-electron chi connectivity index (χ1n) is 8.50. The molecule has 0 spiro atoms. The number of aromatic nitrogens is 1. The summed E-state index contributed by atoms with van der Waals surface area (Å²) in [6.45, 7) is 4.88. The van der Waals surface area contributed by atoms with Gasteiger partial charge in [0.2, 0.25) is 0 Å². The lowest BCUT2D eigenvalue weighted by Gasteiger charge is -2.30. The number of nitrogens with zero attached hydrogens (tertiary/aromatic N) is 2. The van der Waals surface area contributed by atoms with E-state index in [0.29, 0.717) is 36.7 Å². The van der Waals surface area contributed by atoms with Crippen molar-refractivity contribution >= 4 is 22.8 Å². The summed E-state index contributed by atoms with van der Waals surface area (Å²) in [5.41, 5.74) is 1.63. The molecule has 7 heteroatoms. The van der Waals surface area contributed by atoms with Crippen LogP contribution in [0, 0.1) is 6.92 Å². The Kier molecular flexibility index (Phi) is 5.37. The monoisotopic (exact) mass is 358 g/mol. The fraction of sp³-hybridized carbons (Fsp3) is 0.421. The highest BCUT2D eigenvalue weighted by Gasteiger charge is 2.23. The Bertz CT molecular complexity index is 836. The number of carbonyl (C=O) groups is 2. The summed E-state index contributed by atoms with van der Waals surface area (Å²) in [6, 6.07) is 7.16. The highest BCUT2D eigenvalue weighted by Crippen LogP contribution is 2.22. The number of hydrogen-bond acceptors (Lipinski definition) is 6. The fourth-order valence-corrected chi connectivity index (χ4v) is 2.92. The summed E-state index contributed by atoms with van der Waals surface area (Å²) in [7, 11) is 1.59. The number of aryl methyl sites for hydroxylation is 1. The van der Waals surface area contributed by atoms with E-state index in [0.717, 1.165) is 10.9 Å². The molecular weight excluding hydrogens is 336 g/mol. The largest absolute Gasteiger partial charge is 0.497 e. The lowest BCUT2D eigenvalue weighted by molar-refractivity contribution is -0.141. The van der Waals surface area contributed by atoms with Crippen molar-refractivity contribution < 1.29 is 23.8 Å². The minimum atomic E-state index is -0.553. The number of esters is 1. The number of fused-ring (bicyclic) bond motifs is 1. The second-order valence-corrected chi connectivity index (χ2v) is 6.28. The molecule has 1 unspecified atom stereocenters. The van der Waals surface area contributed by atoms with Gasteiger partial charge >= 0.3 is 5.97 Å². The maximum absolute atomic E-state index is 12.4. The van der Waals surface area contributed by atoms with E-state index in [4.69, 9.17) is 14.2 Å². The molecule has 0 aliphatic carbocycles. The van der Waals surface area contributed by atoms with Crippen LogP contribution in [-0.2, 0) is 14.3 Å². The van der Waals surface area contributed by atoms with E-state index in [2.05, 4.69) is 4.98 Å². The molecule has 2 heterocycles. The number of methoxy groups -OCH3 is 1. The number of carbonyl (C=O) groups excluding carboxylic acids is 2. The van der Waals surface area contributed by atoms with Crippen LogP contribution in [0.4, 0.5) is 0 Å². The lowest BCUT2D eigenvalue weighted by atomic mass is 10.1. The third-order valence-corrected chi connectivity index (χ3v) is 4.36. The van der Waals surface area contributed by atoms with Crippen molar-refractivity contribution in [2.75, 3.05) is 33.4 Å². The van der Waals surface area contributed by atoms with E-state index in [-0.39, 0.29) is 18.6 Å². The topological polar surface area (TPSA) is 78.0 Å². The van der Waals surface area contributed by atoms with Crippen LogP contribution in [0.25, 0.3) is 10.9 Å². The zero-order valence-corrected chi connectivity index (χ0v) is 15.2. The van der Waals surface area contributed by atoms with Crippen molar-refractivity contribution in [2.24, 2.45) is 0 Å². The zero-order chi connectivity index (χ0) is 18.7. The smallest absolute Gasteiger partial charge is 0.340 e. The Hall–Kier alpha value is -2.67. The van der Waals surface area contributed by atoms with Crippen LogP contribution in [0.2, 0.25) is 0 Å². The molecule has 1 aromatic carbocycles. The molecule has 1 fully saturated rings. The van der Waals surface area contributed by atoms with Gasteiger partial charge in [-0.1, -0.05) is 0 Å². The zero-order valence-electron chi connectivity index (χ0n) is 15.2. The molecule has 26 heavy (non-hydrogen) atoms. The van der Waals surface area contributed by atoms with E-state index in [1.165, 1.54) is 0 Å².